The van der Waals surface area contributed by atoms with Crippen LogP contribution in [0.2, 0.25) is 0 Å². The molecule has 0 saturated heterocycles. The highest BCUT2D eigenvalue weighted by atomic mass is 79.9. The average molecular weight is 531 g/mol. The number of aliphatic hydroxyl groups is 1. The van der Waals surface area contributed by atoms with Gasteiger partial charge in [0.2, 0.25) is 0 Å². The maximum atomic E-state index is 9.17. The summed E-state index contributed by atoms with van der Waals surface area (Å²) in [7, 11) is 3.64. The van der Waals surface area contributed by atoms with Gasteiger partial charge in [-0.2, -0.15) is 10.2 Å². The second-order valence-electron chi connectivity index (χ2n) is 7.25. The summed E-state index contributed by atoms with van der Waals surface area (Å²) in [5.74, 6) is 0. The van der Waals surface area contributed by atoms with Crippen LogP contribution in [0.15, 0.2) is 85.2 Å². The number of hydrogen-bond donors (Lipinski definition) is 1. The highest BCUT2D eigenvalue weighted by Gasteiger charge is 2.18. The topological polar surface area (TPSA) is 74.3 Å². The summed E-state index contributed by atoms with van der Waals surface area (Å²) in [5.41, 5.74) is 3.55. The first-order valence-electron chi connectivity index (χ1n) is 12.6. The third kappa shape index (κ3) is 7.11. The highest BCUT2D eigenvalue weighted by molar-refractivity contribution is 9.09. The minimum Gasteiger partial charge on any atom is -0.394 e. The molecule has 34 heavy (non-hydrogen) atoms. The van der Waals surface area contributed by atoms with Gasteiger partial charge < -0.3 is 14.6 Å². The Morgan fingerprint density at radius 3 is 1.59 bits per heavy atom. The lowest BCUT2D eigenvalue weighted by Crippen LogP contribution is -2.13. The number of hydrogen-bond acceptors (Lipinski definition) is 5. The van der Waals surface area contributed by atoms with Gasteiger partial charge in [-0.15, -0.1) is 0 Å². The van der Waals surface area contributed by atoms with Gasteiger partial charge in [-0.25, -0.2) is 0 Å². The lowest BCUT2D eigenvalue weighted by Gasteiger charge is -2.18. The summed E-state index contributed by atoms with van der Waals surface area (Å²) in [4.78, 5) is 0. The summed E-state index contributed by atoms with van der Waals surface area (Å²) in [6.45, 7) is -2.80. The molecule has 2 atom stereocenters. The standard InChI is InChI=1S/C13H15BrN2O.C13H16N2O2/c1-16-12(7-9-15-16)13(17-10-8-14)11-5-3-2-4-6-11;1-15-12(7-8-14-15)13(17-10-9-16)11-5-3-2-4-6-11/h2-7,9,13H,8,10H2,1H3;2-8,13,16H,9-10H2,1H3/i8D2;9D2. The molecule has 2 aromatic carbocycles. The van der Waals surface area contributed by atoms with E-state index in [-0.39, 0.29) is 12.7 Å². The lowest BCUT2D eigenvalue weighted by atomic mass is 10.1. The van der Waals surface area contributed by atoms with E-state index in [1.54, 1.807) is 28.8 Å². The van der Waals surface area contributed by atoms with Crippen LogP contribution in [0, 0.1) is 0 Å². The Hall–Kier alpha value is -2.78. The second-order valence-corrected chi connectivity index (χ2v) is 7.82. The summed E-state index contributed by atoms with van der Waals surface area (Å²) < 4.78 is 44.0. The van der Waals surface area contributed by atoms with Gasteiger partial charge in [0.15, 0.2) is 0 Å². The summed E-state index contributed by atoms with van der Waals surface area (Å²) in [6.07, 6.45) is 2.57. The third-order valence-corrected chi connectivity index (χ3v) is 5.31. The zero-order valence-corrected chi connectivity index (χ0v) is 20.7. The first-order chi connectivity index (χ1) is 17.9. The summed E-state index contributed by atoms with van der Waals surface area (Å²) >= 11 is 2.95. The van der Waals surface area contributed by atoms with Crippen molar-refractivity contribution in [1.29, 1.82) is 0 Å². The summed E-state index contributed by atoms with van der Waals surface area (Å²) in [6, 6.07) is 22.9. The van der Waals surface area contributed by atoms with E-state index in [0.29, 0.717) is 0 Å². The van der Waals surface area contributed by atoms with Crippen molar-refractivity contribution in [2.45, 2.75) is 12.2 Å². The third-order valence-electron chi connectivity index (χ3n) is 5.08. The van der Waals surface area contributed by atoms with Crippen LogP contribution in [0.5, 0.6) is 0 Å². The Bertz CT molecular complexity index is 1150. The summed E-state index contributed by atoms with van der Waals surface area (Å²) in [5, 5.41) is 15.8. The molecule has 4 aromatic rings. The van der Waals surface area contributed by atoms with E-state index >= 15 is 0 Å². The van der Waals surface area contributed by atoms with E-state index in [1.165, 1.54) is 0 Å². The molecule has 0 bridgehead atoms. The number of aryl methyl sites for hydroxylation is 2. The quantitative estimate of drug-likeness (QED) is 0.307. The number of aromatic nitrogens is 4. The molecule has 8 heteroatoms. The number of ether oxygens (including phenoxy) is 2. The SMILES string of the molecule is [2H]C([2H])(Br)COC(c1ccccc1)c1ccnn1C.[2H]C([2H])(O)COC(c1ccccc1)c1ccnn1C. The van der Waals surface area contributed by atoms with Gasteiger partial charge in [0.1, 0.15) is 12.2 Å². The normalized spacial score (nSPS) is 15.2. The Morgan fingerprint density at radius 2 is 1.24 bits per heavy atom. The van der Waals surface area contributed by atoms with Crippen LogP contribution in [0.1, 0.15) is 40.2 Å². The molecule has 0 amide bonds. The van der Waals surface area contributed by atoms with Crippen LogP contribution in [-0.2, 0) is 23.6 Å². The molecule has 4 rings (SSSR count). The molecule has 1 N–H and O–H groups in total. The maximum absolute atomic E-state index is 9.17. The van der Waals surface area contributed by atoms with Crippen molar-refractivity contribution in [2.24, 2.45) is 14.1 Å². The average Bonchev–Trinajstić information content (AvgIpc) is 3.48. The second kappa shape index (κ2) is 13.8. The Morgan fingerprint density at radius 1 is 0.794 bits per heavy atom. The molecular formula is C26H31BrN4O3. The molecule has 180 valence electrons. The first-order valence-corrected chi connectivity index (χ1v) is 11.4. The molecule has 0 aliphatic rings. The Kier molecular flexibility index (Phi) is 8.36. The molecule has 0 fully saturated rings. The minimum absolute atomic E-state index is 0.0439. The van der Waals surface area contributed by atoms with E-state index in [1.807, 2.05) is 79.8 Å². The van der Waals surface area contributed by atoms with E-state index < -0.39 is 24.6 Å². The number of alkyl halides is 1. The Balaban J connectivity index is 0.000000211. The number of benzene rings is 2. The van der Waals surface area contributed by atoms with Crippen molar-refractivity contribution in [2.75, 3.05) is 25.1 Å². The van der Waals surface area contributed by atoms with Crippen LogP contribution in [0.25, 0.3) is 0 Å². The molecular weight excluding hydrogens is 496 g/mol. The van der Waals surface area contributed by atoms with E-state index in [9.17, 15) is 0 Å². The van der Waals surface area contributed by atoms with Gasteiger partial charge >= 0.3 is 0 Å². The van der Waals surface area contributed by atoms with Gasteiger partial charge in [-0.3, -0.25) is 9.36 Å². The molecule has 2 unspecified atom stereocenters. The van der Waals surface area contributed by atoms with Gasteiger partial charge in [-0.1, -0.05) is 76.6 Å². The monoisotopic (exact) mass is 530 g/mol. The van der Waals surface area contributed by atoms with Crippen LogP contribution in [0.4, 0.5) is 0 Å². The largest absolute Gasteiger partial charge is 0.394 e. The van der Waals surface area contributed by atoms with Crippen molar-refractivity contribution < 1.29 is 20.1 Å². The fourth-order valence-corrected chi connectivity index (χ4v) is 3.61. The van der Waals surface area contributed by atoms with Crippen LogP contribution in [-0.4, -0.2) is 49.7 Å². The van der Waals surface area contributed by atoms with E-state index in [4.69, 9.17) is 20.1 Å². The zero-order chi connectivity index (χ0) is 27.8. The van der Waals surface area contributed by atoms with Crippen molar-refractivity contribution in [3.63, 3.8) is 0 Å². The Labute approximate surface area is 214 Å². The fraction of sp³-hybridized carbons (Fsp3) is 0.308. The lowest BCUT2D eigenvalue weighted by molar-refractivity contribution is 0.0460. The maximum Gasteiger partial charge on any atom is 0.124 e. The first kappa shape index (κ1) is 20.6. The minimum atomic E-state index is -2.36. The number of halogens is 1. The van der Waals surface area contributed by atoms with Crippen molar-refractivity contribution in [3.05, 3.63) is 108 Å². The molecule has 7 nitrogen and oxygen atoms in total. The van der Waals surface area contributed by atoms with Crippen molar-refractivity contribution in [1.82, 2.24) is 19.6 Å². The number of nitrogens with zero attached hydrogens (tertiary/aromatic N) is 4. The van der Waals surface area contributed by atoms with Gasteiger partial charge in [0.25, 0.3) is 0 Å². The molecule has 0 aliphatic carbocycles. The van der Waals surface area contributed by atoms with Crippen molar-refractivity contribution in [3.8, 4) is 0 Å². The molecule has 0 radical (unpaired) electrons. The zero-order valence-electron chi connectivity index (χ0n) is 23.1. The smallest absolute Gasteiger partial charge is 0.124 e. The van der Waals surface area contributed by atoms with Gasteiger partial charge in [0.05, 0.1) is 33.9 Å². The fourth-order valence-electron chi connectivity index (χ4n) is 3.48. The van der Waals surface area contributed by atoms with Crippen LogP contribution < -0.4 is 0 Å². The predicted molar refractivity (Wildman–Crippen MR) is 136 cm³/mol. The molecule has 2 aromatic heterocycles. The van der Waals surface area contributed by atoms with Gasteiger partial charge in [-0.05, 0) is 23.3 Å². The molecule has 2 heterocycles. The number of rotatable bonds is 10. The molecule has 0 saturated carbocycles. The molecule has 0 spiro atoms. The van der Waals surface area contributed by atoms with E-state index in [0.717, 1.165) is 22.5 Å². The van der Waals surface area contributed by atoms with Crippen LogP contribution in [0.3, 0.4) is 0 Å². The predicted octanol–water partition coefficient (Wildman–Crippen LogP) is 4.44. The van der Waals surface area contributed by atoms with Crippen molar-refractivity contribution >= 4 is 15.9 Å². The van der Waals surface area contributed by atoms with Crippen LogP contribution >= 0.6 is 15.9 Å². The van der Waals surface area contributed by atoms with Gasteiger partial charge in [0, 0.05) is 34.5 Å². The highest BCUT2D eigenvalue weighted by Crippen LogP contribution is 2.26. The molecule has 0 aliphatic heterocycles. The van der Waals surface area contributed by atoms with E-state index in [2.05, 4.69) is 26.1 Å².